The third-order valence-corrected chi connectivity index (χ3v) is 3.48. The Kier molecular flexibility index (Phi) is 4.50. The van der Waals surface area contributed by atoms with Crippen LogP contribution in [-0.2, 0) is 0 Å². The Bertz CT molecular complexity index is 651. The maximum Gasteiger partial charge on any atom is 0.256 e. The van der Waals surface area contributed by atoms with Gasteiger partial charge in [-0.05, 0) is 36.4 Å². The Hall–Kier alpha value is -1.04. The van der Waals surface area contributed by atoms with Crippen molar-refractivity contribution >= 4 is 51.8 Å². The minimum absolute atomic E-state index is 0.0353. The zero-order valence-corrected chi connectivity index (χ0v) is 12.7. The number of anilines is 1. The van der Waals surface area contributed by atoms with E-state index in [0.717, 1.165) is 4.47 Å². The Morgan fingerprint density at radius 1 is 1.26 bits per heavy atom. The highest BCUT2D eigenvalue weighted by Crippen LogP contribution is 2.23. The lowest BCUT2D eigenvalue weighted by Crippen LogP contribution is -2.13. The molecule has 0 aliphatic carbocycles. The summed E-state index contributed by atoms with van der Waals surface area (Å²) >= 11 is 13.2. The molecule has 2 nitrogen and oxygen atoms in total. The molecule has 0 bridgehead atoms. The number of benzene rings is 2. The van der Waals surface area contributed by atoms with Gasteiger partial charge in [0.05, 0.1) is 11.3 Å². The van der Waals surface area contributed by atoms with Crippen molar-refractivity contribution in [3.63, 3.8) is 0 Å². The molecule has 0 atom stereocenters. The molecule has 6 heteroatoms. The van der Waals surface area contributed by atoms with Gasteiger partial charge in [0, 0.05) is 14.4 Å². The van der Waals surface area contributed by atoms with Crippen LogP contribution in [0.2, 0.25) is 5.02 Å². The molecule has 0 heterocycles. The topological polar surface area (TPSA) is 29.1 Å². The number of halogens is 3. The summed E-state index contributed by atoms with van der Waals surface area (Å²) in [4.78, 5) is 12.5. The summed E-state index contributed by atoms with van der Waals surface area (Å²) in [5.74, 6) is -0.991. The van der Waals surface area contributed by atoms with Crippen LogP contribution in [0.5, 0.6) is 0 Å². The molecule has 2 rings (SSSR count). The minimum atomic E-state index is -0.546. The maximum absolute atomic E-state index is 13.5. The van der Waals surface area contributed by atoms with Crippen LogP contribution in [-0.4, -0.2) is 5.91 Å². The van der Waals surface area contributed by atoms with Crippen LogP contribution in [0, 0.1) is 5.82 Å². The predicted octanol–water partition coefficient (Wildman–Crippen LogP) is 4.78. The van der Waals surface area contributed by atoms with E-state index in [0.29, 0.717) is 15.5 Å². The molecule has 2 aromatic carbocycles. The summed E-state index contributed by atoms with van der Waals surface area (Å²) < 4.78 is 14.3. The summed E-state index contributed by atoms with van der Waals surface area (Å²) in [5, 5.41) is 2.81. The van der Waals surface area contributed by atoms with Crippen molar-refractivity contribution in [2.45, 2.75) is 4.90 Å². The van der Waals surface area contributed by atoms with E-state index in [4.69, 9.17) is 11.6 Å². The Labute approximate surface area is 128 Å². The number of carbonyl (C=O) groups excluding carboxylic acids is 1. The van der Waals surface area contributed by atoms with E-state index in [1.807, 2.05) is 0 Å². The minimum Gasteiger partial charge on any atom is -0.319 e. The second-order valence-corrected chi connectivity index (χ2v) is 5.57. The molecule has 0 saturated heterocycles. The Morgan fingerprint density at radius 3 is 2.68 bits per heavy atom. The highest BCUT2D eigenvalue weighted by molar-refractivity contribution is 9.10. The van der Waals surface area contributed by atoms with E-state index >= 15 is 0 Å². The summed E-state index contributed by atoms with van der Waals surface area (Å²) in [6.07, 6.45) is 0. The van der Waals surface area contributed by atoms with Gasteiger partial charge in [-0.2, -0.15) is 0 Å². The zero-order valence-electron chi connectivity index (χ0n) is 9.45. The first-order chi connectivity index (χ1) is 8.97. The first kappa shape index (κ1) is 14.4. The number of hydrogen-bond donors (Lipinski definition) is 2. The van der Waals surface area contributed by atoms with E-state index in [2.05, 4.69) is 33.9 Å². The highest BCUT2D eigenvalue weighted by atomic mass is 79.9. The first-order valence-corrected chi connectivity index (χ1v) is 6.84. The van der Waals surface area contributed by atoms with Crippen molar-refractivity contribution in [1.29, 1.82) is 0 Å². The average molecular weight is 361 g/mol. The van der Waals surface area contributed by atoms with Gasteiger partial charge in [-0.25, -0.2) is 4.39 Å². The third-order valence-electron chi connectivity index (χ3n) is 2.38. The van der Waals surface area contributed by atoms with Crippen LogP contribution in [0.3, 0.4) is 0 Å². The molecule has 0 fully saturated rings. The smallest absolute Gasteiger partial charge is 0.256 e. The molecule has 2 aromatic rings. The van der Waals surface area contributed by atoms with Crippen molar-refractivity contribution in [2.24, 2.45) is 0 Å². The fourth-order valence-electron chi connectivity index (χ4n) is 1.48. The molecule has 0 spiro atoms. The summed E-state index contributed by atoms with van der Waals surface area (Å²) in [5.41, 5.74) is 0.388. The predicted molar refractivity (Wildman–Crippen MR) is 80.8 cm³/mol. The van der Waals surface area contributed by atoms with Crippen LogP contribution in [0.25, 0.3) is 0 Å². The van der Waals surface area contributed by atoms with E-state index in [1.54, 1.807) is 18.2 Å². The van der Waals surface area contributed by atoms with Crippen LogP contribution in [0.15, 0.2) is 45.8 Å². The molecular formula is C13H8BrClFNOS. The second kappa shape index (κ2) is 5.94. The van der Waals surface area contributed by atoms with Gasteiger partial charge in [0.1, 0.15) is 5.82 Å². The molecule has 0 aromatic heterocycles. The first-order valence-electron chi connectivity index (χ1n) is 5.22. The lowest BCUT2D eigenvalue weighted by Gasteiger charge is -2.08. The summed E-state index contributed by atoms with van der Waals surface area (Å²) in [7, 11) is 0. The van der Waals surface area contributed by atoms with Crippen LogP contribution in [0.4, 0.5) is 10.1 Å². The number of amides is 1. The van der Waals surface area contributed by atoms with Gasteiger partial charge in [0.2, 0.25) is 0 Å². The van der Waals surface area contributed by atoms with Crippen molar-refractivity contribution in [1.82, 2.24) is 0 Å². The molecule has 0 aliphatic rings. The normalized spacial score (nSPS) is 10.3. The summed E-state index contributed by atoms with van der Waals surface area (Å²) in [6.45, 7) is 0. The standard InChI is InChI=1S/C13H8BrClFNOS/c14-7-1-3-9(12(19)5-7)13(18)17-11-6-8(15)2-4-10(11)16/h1-6,19H,(H,17,18). The number of hydrogen-bond acceptors (Lipinski definition) is 2. The van der Waals surface area contributed by atoms with Crippen molar-refractivity contribution in [3.05, 3.63) is 57.3 Å². The van der Waals surface area contributed by atoms with Gasteiger partial charge >= 0.3 is 0 Å². The van der Waals surface area contributed by atoms with Crippen LogP contribution < -0.4 is 5.32 Å². The fourth-order valence-corrected chi connectivity index (χ4v) is 2.51. The number of nitrogens with one attached hydrogen (secondary N) is 1. The van der Waals surface area contributed by atoms with Gasteiger partial charge in [0.15, 0.2) is 0 Å². The van der Waals surface area contributed by atoms with Gasteiger partial charge < -0.3 is 5.32 Å². The number of carbonyl (C=O) groups is 1. The zero-order chi connectivity index (χ0) is 14.0. The van der Waals surface area contributed by atoms with Crippen LogP contribution >= 0.6 is 40.2 Å². The second-order valence-electron chi connectivity index (χ2n) is 3.74. The average Bonchev–Trinajstić information content (AvgIpc) is 2.33. The monoisotopic (exact) mass is 359 g/mol. The van der Waals surface area contributed by atoms with Gasteiger partial charge in [-0.1, -0.05) is 27.5 Å². The van der Waals surface area contributed by atoms with E-state index < -0.39 is 11.7 Å². The van der Waals surface area contributed by atoms with E-state index in [1.165, 1.54) is 18.2 Å². The van der Waals surface area contributed by atoms with Crippen molar-refractivity contribution in [3.8, 4) is 0 Å². The van der Waals surface area contributed by atoms with Crippen molar-refractivity contribution < 1.29 is 9.18 Å². The molecule has 1 N–H and O–H groups in total. The van der Waals surface area contributed by atoms with Crippen molar-refractivity contribution in [2.75, 3.05) is 5.32 Å². The lowest BCUT2D eigenvalue weighted by atomic mass is 10.2. The molecule has 0 radical (unpaired) electrons. The maximum atomic E-state index is 13.5. The van der Waals surface area contributed by atoms with E-state index in [9.17, 15) is 9.18 Å². The Morgan fingerprint density at radius 2 is 2.00 bits per heavy atom. The number of rotatable bonds is 2. The van der Waals surface area contributed by atoms with Gasteiger partial charge in [-0.3, -0.25) is 4.79 Å². The molecule has 98 valence electrons. The van der Waals surface area contributed by atoms with E-state index in [-0.39, 0.29) is 5.69 Å². The lowest BCUT2D eigenvalue weighted by molar-refractivity contribution is 0.102. The molecule has 19 heavy (non-hydrogen) atoms. The SMILES string of the molecule is O=C(Nc1cc(Cl)ccc1F)c1ccc(Br)cc1S. The highest BCUT2D eigenvalue weighted by Gasteiger charge is 2.12. The van der Waals surface area contributed by atoms with Gasteiger partial charge in [0.25, 0.3) is 5.91 Å². The van der Waals surface area contributed by atoms with Crippen LogP contribution in [0.1, 0.15) is 10.4 Å². The summed E-state index contributed by atoms with van der Waals surface area (Å²) in [6, 6.07) is 8.96. The molecule has 0 aliphatic heterocycles. The number of thiol groups is 1. The largest absolute Gasteiger partial charge is 0.319 e. The molecule has 0 saturated carbocycles. The molecular weight excluding hydrogens is 353 g/mol. The third kappa shape index (κ3) is 3.49. The molecule has 0 unspecified atom stereocenters. The van der Waals surface area contributed by atoms with Gasteiger partial charge in [-0.15, -0.1) is 12.6 Å². The Balaban J connectivity index is 2.28. The molecule has 1 amide bonds. The quantitative estimate of drug-likeness (QED) is 0.741. The fraction of sp³-hybridized carbons (Fsp3) is 0.